The average molecular weight is 420 g/mol. The largest absolute Gasteiger partial charge is 0.497 e. The van der Waals surface area contributed by atoms with Crippen molar-refractivity contribution in [2.24, 2.45) is 0 Å². The molecule has 1 amide bonds. The van der Waals surface area contributed by atoms with Gasteiger partial charge in [0.25, 0.3) is 5.91 Å². The predicted molar refractivity (Wildman–Crippen MR) is 122 cm³/mol. The second-order valence-corrected chi connectivity index (χ2v) is 7.04. The van der Waals surface area contributed by atoms with Gasteiger partial charge in [0.05, 0.1) is 13.2 Å². The molecule has 2 aromatic carbocycles. The molecule has 0 radical (unpaired) electrons. The quantitative estimate of drug-likeness (QED) is 0.516. The maximum Gasteiger partial charge on any atom is 0.251 e. The zero-order valence-corrected chi connectivity index (χ0v) is 18.2. The summed E-state index contributed by atoms with van der Waals surface area (Å²) < 4.78 is 11.2. The summed E-state index contributed by atoms with van der Waals surface area (Å²) in [7, 11) is 1.66. The number of likely N-dealkylation sites (N-methyl/N-ethyl adjacent to an activating group) is 1. The van der Waals surface area contributed by atoms with Gasteiger partial charge in [0, 0.05) is 24.5 Å². The zero-order valence-electron chi connectivity index (χ0n) is 18.2. The smallest absolute Gasteiger partial charge is 0.251 e. The van der Waals surface area contributed by atoms with E-state index in [-0.39, 0.29) is 11.9 Å². The van der Waals surface area contributed by atoms with Crippen LogP contribution in [0, 0.1) is 0 Å². The number of benzene rings is 2. The monoisotopic (exact) mass is 419 g/mol. The number of aromatic nitrogens is 1. The van der Waals surface area contributed by atoms with Crippen LogP contribution in [0.5, 0.6) is 17.2 Å². The molecule has 1 N–H and O–H groups in total. The molecule has 162 valence electrons. The van der Waals surface area contributed by atoms with Crippen LogP contribution in [-0.2, 0) is 0 Å². The highest BCUT2D eigenvalue weighted by Crippen LogP contribution is 2.25. The summed E-state index contributed by atoms with van der Waals surface area (Å²) in [6.45, 7) is 6.49. The van der Waals surface area contributed by atoms with E-state index in [1.165, 1.54) is 0 Å². The summed E-state index contributed by atoms with van der Waals surface area (Å²) in [5, 5.41) is 3.09. The van der Waals surface area contributed by atoms with Crippen molar-refractivity contribution in [3.8, 4) is 17.2 Å². The molecule has 0 aliphatic carbocycles. The average Bonchev–Trinajstić information content (AvgIpc) is 2.82. The van der Waals surface area contributed by atoms with Gasteiger partial charge in [0.2, 0.25) is 0 Å². The number of pyridine rings is 1. The van der Waals surface area contributed by atoms with E-state index in [1.807, 2.05) is 30.3 Å². The Morgan fingerprint density at radius 2 is 1.68 bits per heavy atom. The SMILES string of the molecule is CCN(CC)[C@@H](CNC(=O)c1cccc(Oc2ccncc2)c1)c1cccc(OC)c1. The Bertz CT molecular complexity index is 975. The van der Waals surface area contributed by atoms with Gasteiger partial charge in [-0.15, -0.1) is 0 Å². The summed E-state index contributed by atoms with van der Waals surface area (Å²) in [5.41, 5.74) is 1.66. The third-order valence-corrected chi connectivity index (χ3v) is 5.17. The number of nitrogens with zero attached hydrogens (tertiary/aromatic N) is 2. The number of rotatable bonds is 10. The number of hydrogen-bond donors (Lipinski definition) is 1. The van der Waals surface area contributed by atoms with Crippen LogP contribution in [0.4, 0.5) is 0 Å². The van der Waals surface area contributed by atoms with Gasteiger partial charge in [0.1, 0.15) is 17.2 Å². The molecular weight excluding hydrogens is 390 g/mol. The molecule has 1 heterocycles. The molecular formula is C25H29N3O3. The predicted octanol–water partition coefficient (Wildman–Crippen LogP) is 4.70. The van der Waals surface area contributed by atoms with Crippen LogP contribution in [0.25, 0.3) is 0 Å². The second-order valence-electron chi connectivity index (χ2n) is 7.04. The van der Waals surface area contributed by atoms with Crippen LogP contribution >= 0.6 is 0 Å². The number of ether oxygens (including phenoxy) is 2. The van der Waals surface area contributed by atoms with E-state index in [0.717, 1.165) is 24.4 Å². The van der Waals surface area contributed by atoms with Gasteiger partial charge in [-0.05, 0) is 61.1 Å². The van der Waals surface area contributed by atoms with Crippen LogP contribution in [0.2, 0.25) is 0 Å². The first-order chi connectivity index (χ1) is 15.1. The minimum atomic E-state index is -0.139. The Labute approximate surface area is 183 Å². The van der Waals surface area contributed by atoms with E-state index in [4.69, 9.17) is 9.47 Å². The Hall–Kier alpha value is -3.38. The van der Waals surface area contributed by atoms with Gasteiger partial charge >= 0.3 is 0 Å². The fraction of sp³-hybridized carbons (Fsp3) is 0.280. The first-order valence-electron chi connectivity index (χ1n) is 10.5. The lowest BCUT2D eigenvalue weighted by atomic mass is 10.0. The van der Waals surface area contributed by atoms with Crippen molar-refractivity contribution in [3.05, 3.63) is 84.2 Å². The summed E-state index contributed by atoms with van der Waals surface area (Å²) >= 11 is 0. The molecule has 0 fully saturated rings. The third kappa shape index (κ3) is 6.06. The Balaban J connectivity index is 1.72. The van der Waals surface area contributed by atoms with Crippen molar-refractivity contribution >= 4 is 5.91 Å². The molecule has 3 aromatic rings. The van der Waals surface area contributed by atoms with Gasteiger partial charge < -0.3 is 14.8 Å². The molecule has 0 saturated heterocycles. The minimum Gasteiger partial charge on any atom is -0.497 e. The lowest BCUT2D eigenvalue weighted by molar-refractivity contribution is 0.0934. The van der Waals surface area contributed by atoms with Crippen LogP contribution in [-0.4, -0.2) is 42.5 Å². The number of carbonyl (C=O) groups is 1. The summed E-state index contributed by atoms with van der Waals surface area (Å²) in [6.07, 6.45) is 3.33. The molecule has 0 unspecified atom stereocenters. The molecule has 1 aromatic heterocycles. The molecule has 0 bridgehead atoms. The molecule has 3 rings (SSSR count). The maximum atomic E-state index is 12.9. The van der Waals surface area contributed by atoms with Gasteiger partial charge in [-0.1, -0.05) is 32.0 Å². The third-order valence-electron chi connectivity index (χ3n) is 5.17. The number of carbonyl (C=O) groups excluding carboxylic acids is 1. The van der Waals surface area contributed by atoms with Crippen LogP contribution in [0.3, 0.4) is 0 Å². The fourth-order valence-corrected chi connectivity index (χ4v) is 3.51. The fourth-order valence-electron chi connectivity index (χ4n) is 3.51. The molecule has 0 spiro atoms. The molecule has 0 aliphatic rings. The Morgan fingerprint density at radius 3 is 2.39 bits per heavy atom. The highest BCUT2D eigenvalue weighted by molar-refractivity contribution is 5.94. The van der Waals surface area contributed by atoms with E-state index in [9.17, 15) is 4.79 Å². The molecule has 0 aliphatic heterocycles. The second kappa shape index (κ2) is 11.1. The topological polar surface area (TPSA) is 63.7 Å². The maximum absolute atomic E-state index is 12.9. The van der Waals surface area contributed by atoms with E-state index in [2.05, 4.69) is 35.1 Å². The van der Waals surface area contributed by atoms with E-state index >= 15 is 0 Å². The number of amides is 1. The van der Waals surface area contributed by atoms with Crippen LogP contribution in [0.1, 0.15) is 35.8 Å². The van der Waals surface area contributed by atoms with E-state index in [0.29, 0.717) is 23.6 Å². The van der Waals surface area contributed by atoms with Crippen molar-refractivity contribution in [3.63, 3.8) is 0 Å². The lowest BCUT2D eigenvalue weighted by Gasteiger charge is -2.30. The van der Waals surface area contributed by atoms with Gasteiger partial charge in [0.15, 0.2) is 0 Å². The van der Waals surface area contributed by atoms with Crippen molar-refractivity contribution in [2.75, 3.05) is 26.7 Å². The van der Waals surface area contributed by atoms with Crippen LogP contribution in [0.15, 0.2) is 73.1 Å². The minimum absolute atomic E-state index is 0.0466. The normalized spacial score (nSPS) is 11.7. The Kier molecular flexibility index (Phi) is 8.01. The van der Waals surface area contributed by atoms with Gasteiger partial charge in [-0.2, -0.15) is 0 Å². The molecule has 6 heteroatoms. The Morgan fingerprint density at radius 1 is 0.968 bits per heavy atom. The van der Waals surface area contributed by atoms with Gasteiger partial charge in [-0.3, -0.25) is 14.7 Å². The first-order valence-corrected chi connectivity index (χ1v) is 10.5. The molecule has 0 saturated carbocycles. The van der Waals surface area contributed by atoms with Crippen molar-refractivity contribution < 1.29 is 14.3 Å². The van der Waals surface area contributed by atoms with Crippen molar-refractivity contribution in [1.82, 2.24) is 15.2 Å². The number of nitrogens with one attached hydrogen (secondary N) is 1. The first kappa shape index (κ1) is 22.3. The highest BCUT2D eigenvalue weighted by Gasteiger charge is 2.20. The van der Waals surface area contributed by atoms with Gasteiger partial charge in [-0.25, -0.2) is 0 Å². The molecule has 6 nitrogen and oxygen atoms in total. The number of methoxy groups -OCH3 is 1. The van der Waals surface area contributed by atoms with Crippen LogP contribution < -0.4 is 14.8 Å². The summed E-state index contributed by atoms with van der Waals surface area (Å²) in [5.74, 6) is 1.95. The lowest BCUT2D eigenvalue weighted by Crippen LogP contribution is -2.38. The van der Waals surface area contributed by atoms with Crippen molar-refractivity contribution in [1.29, 1.82) is 0 Å². The van der Waals surface area contributed by atoms with E-state index < -0.39 is 0 Å². The standard InChI is InChI=1S/C25H29N3O3/c1-4-28(5-2)24(19-8-6-10-22(16-19)30-3)18-27-25(29)20-9-7-11-23(17-20)31-21-12-14-26-15-13-21/h6-17,24H,4-5,18H2,1-3H3,(H,27,29)/t24-/m0/s1. The number of hydrogen-bond acceptors (Lipinski definition) is 5. The molecule has 1 atom stereocenters. The van der Waals surface area contributed by atoms with Crippen molar-refractivity contribution in [2.45, 2.75) is 19.9 Å². The zero-order chi connectivity index (χ0) is 22.1. The highest BCUT2D eigenvalue weighted by atomic mass is 16.5. The summed E-state index contributed by atoms with van der Waals surface area (Å²) in [6, 6.07) is 18.8. The molecule has 31 heavy (non-hydrogen) atoms. The van der Waals surface area contributed by atoms with E-state index in [1.54, 1.807) is 43.8 Å². The summed E-state index contributed by atoms with van der Waals surface area (Å²) in [4.78, 5) is 19.2.